The minimum absolute atomic E-state index is 0.0520. The predicted octanol–water partition coefficient (Wildman–Crippen LogP) is 2.06. The first-order valence-electron chi connectivity index (χ1n) is 5.18. The first-order chi connectivity index (χ1) is 8.04. The van der Waals surface area contributed by atoms with Gasteiger partial charge in [0.25, 0.3) is 0 Å². The molecule has 1 N–H and O–H groups in total. The summed E-state index contributed by atoms with van der Waals surface area (Å²) in [5.41, 5.74) is 0.536. The number of carbonyl (C=O) groups excluding carboxylic acids is 2. The van der Waals surface area contributed by atoms with E-state index in [1.54, 1.807) is 25.2 Å². The molecule has 0 aliphatic carbocycles. The van der Waals surface area contributed by atoms with Gasteiger partial charge in [0.05, 0.1) is 18.1 Å². The zero-order valence-electron chi connectivity index (χ0n) is 9.75. The van der Waals surface area contributed by atoms with Crippen molar-refractivity contribution in [1.82, 2.24) is 5.32 Å². The summed E-state index contributed by atoms with van der Waals surface area (Å²) in [5, 5.41) is 2.86. The fourth-order valence-electron chi connectivity index (χ4n) is 1.22. The highest BCUT2D eigenvalue weighted by Gasteiger charge is 2.06. The number of amides is 1. The normalized spacial score (nSPS) is 9.82. The molecule has 0 bridgehead atoms. The van der Waals surface area contributed by atoms with Gasteiger partial charge in [0.2, 0.25) is 5.91 Å². The largest absolute Gasteiger partial charge is 0.491 e. The van der Waals surface area contributed by atoms with Gasteiger partial charge < -0.3 is 10.1 Å². The van der Waals surface area contributed by atoms with Crippen molar-refractivity contribution >= 4 is 23.3 Å². The van der Waals surface area contributed by atoms with E-state index in [0.29, 0.717) is 16.3 Å². The van der Waals surface area contributed by atoms with Crippen LogP contribution in [0.25, 0.3) is 0 Å². The molecule has 4 nitrogen and oxygen atoms in total. The van der Waals surface area contributed by atoms with E-state index < -0.39 is 0 Å². The van der Waals surface area contributed by atoms with Crippen molar-refractivity contribution in [2.75, 3.05) is 13.7 Å². The summed E-state index contributed by atoms with van der Waals surface area (Å²) >= 11 is 5.94. The van der Waals surface area contributed by atoms with Crippen molar-refractivity contribution < 1.29 is 14.3 Å². The Bertz CT molecular complexity index is 432. The lowest BCUT2D eigenvalue weighted by molar-refractivity contribution is -0.121. The number of benzene rings is 1. The number of nitrogens with one attached hydrogen (secondary N) is 1. The van der Waals surface area contributed by atoms with E-state index in [4.69, 9.17) is 16.3 Å². The topological polar surface area (TPSA) is 55.4 Å². The van der Waals surface area contributed by atoms with Gasteiger partial charge in [-0.3, -0.25) is 9.59 Å². The second kappa shape index (κ2) is 6.25. The summed E-state index contributed by atoms with van der Waals surface area (Å²) in [6.45, 7) is 1.72. The monoisotopic (exact) mass is 255 g/mol. The van der Waals surface area contributed by atoms with E-state index in [-0.39, 0.29) is 24.7 Å². The standard InChI is InChI=1S/C12H14ClNO3/c1-8(15)9-3-4-11(10(13)7-9)17-6-5-12(16)14-2/h3-4,7H,5-6H2,1-2H3,(H,14,16). The number of hydrogen-bond acceptors (Lipinski definition) is 3. The Morgan fingerprint density at radius 2 is 2.12 bits per heavy atom. The third-order valence-electron chi connectivity index (χ3n) is 2.20. The van der Waals surface area contributed by atoms with E-state index >= 15 is 0 Å². The van der Waals surface area contributed by atoms with Crippen molar-refractivity contribution in [1.29, 1.82) is 0 Å². The van der Waals surface area contributed by atoms with Gasteiger partial charge in [-0.05, 0) is 25.1 Å². The van der Waals surface area contributed by atoms with E-state index in [2.05, 4.69) is 5.32 Å². The molecule has 1 amide bonds. The van der Waals surface area contributed by atoms with E-state index in [1.807, 2.05) is 0 Å². The maximum Gasteiger partial charge on any atom is 0.223 e. The molecular formula is C12H14ClNO3. The lowest BCUT2D eigenvalue weighted by atomic mass is 10.1. The second-order valence-electron chi connectivity index (χ2n) is 3.47. The number of hydrogen-bond donors (Lipinski definition) is 1. The Labute approximate surface area is 105 Å². The van der Waals surface area contributed by atoms with Crippen molar-refractivity contribution in [3.63, 3.8) is 0 Å². The van der Waals surface area contributed by atoms with Crippen molar-refractivity contribution in [2.24, 2.45) is 0 Å². The Kier molecular flexibility index (Phi) is 4.97. The summed E-state index contributed by atoms with van der Waals surface area (Å²) in [7, 11) is 1.57. The molecule has 0 spiro atoms. The third kappa shape index (κ3) is 4.07. The van der Waals surface area contributed by atoms with Crippen molar-refractivity contribution in [3.8, 4) is 5.75 Å². The van der Waals surface area contributed by atoms with Gasteiger partial charge >= 0.3 is 0 Å². The first-order valence-corrected chi connectivity index (χ1v) is 5.56. The second-order valence-corrected chi connectivity index (χ2v) is 3.88. The molecular weight excluding hydrogens is 242 g/mol. The molecule has 0 saturated carbocycles. The summed E-state index contributed by atoms with van der Waals surface area (Å²) in [5.74, 6) is 0.325. The van der Waals surface area contributed by atoms with Gasteiger partial charge in [0, 0.05) is 12.6 Å². The van der Waals surface area contributed by atoms with Crippen LogP contribution in [0, 0.1) is 0 Å². The van der Waals surface area contributed by atoms with Crippen molar-refractivity contribution in [3.05, 3.63) is 28.8 Å². The van der Waals surface area contributed by atoms with Crippen LogP contribution in [0.3, 0.4) is 0 Å². The molecule has 1 aromatic rings. The number of rotatable bonds is 5. The third-order valence-corrected chi connectivity index (χ3v) is 2.50. The quantitative estimate of drug-likeness (QED) is 0.820. The van der Waals surface area contributed by atoms with Gasteiger partial charge in [-0.15, -0.1) is 0 Å². The van der Waals surface area contributed by atoms with Gasteiger partial charge in [-0.1, -0.05) is 11.6 Å². The molecule has 1 aromatic carbocycles. The van der Waals surface area contributed by atoms with E-state index in [0.717, 1.165) is 0 Å². The van der Waals surface area contributed by atoms with Crippen LogP contribution in [0.2, 0.25) is 5.02 Å². The summed E-state index contributed by atoms with van der Waals surface area (Å²) in [4.78, 5) is 22.1. The van der Waals surface area contributed by atoms with E-state index in [1.165, 1.54) is 6.92 Å². The molecule has 0 unspecified atom stereocenters. The molecule has 0 aliphatic heterocycles. The minimum atomic E-state index is -0.0959. The highest BCUT2D eigenvalue weighted by Crippen LogP contribution is 2.25. The molecule has 0 atom stereocenters. The molecule has 0 radical (unpaired) electrons. The Morgan fingerprint density at radius 1 is 1.41 bits per heavy atom. The average molecular weight is 256 g/mol. The van der Waals surface area contributed by atoms with Crippen LogP contribution in [-0.2, 0) is 4.79 Å². The van der Waals surface area contributed by atoms with Crippen LogP contribution in [0.1, 0.15) is 23.7 Å². The summed E-state index contributed by atoms with van der Waals surface area (Å²) in [6.07, 6.45) is 0.265. The Balaban J connectivity index is 2.60. The molecule has 0 aromatic heterocycles. The highest BCUT2D eigenvalue weighted by molar-refractivity contribution is 6.32. The number of ketones is 1. The lowest BCUT2D eigenvalue weighted by Crippen LogP contribution is -2.20. The van der Waals surface area contributed by atoms with Crippen LogP contribution in [0.5, 0.6) is 5.75 Å². The predicted molar refractivity (Wildman–Crippen MR) is 65.6 cm³/mol. The van der Waals surface area contributed by atoms with Gasteiger partial charge in [-0.2, -0.15) is 0 Å². The first kappa shape index (κ1) is 13.5. The minimum Gasteiger partial charge on any atom is -0.491 e. The Hall–Kier alpha value is -1.55. The molecule has 0 fully saturated rings. The number of halogens is 1. The zero-order chi connectivity index (χ0) is 12.8. The maximum absolute atomic E-state index is 11.1. The van der Waals surface area contributed by atoms with Gasteiger partial charge in [0.1, 0.15) is 5.75 Å². The smallest absolute Gasteiger partial charge is 0.223 e. The van der Waals surface area contributed by atoms with Crippen LogP contribution in [0.4, 0.5) is 0 Å². The van der Waals surface area contributed by atoms with E-state index in [9.17, 15) is 9.59 Å². The molecule has 1 rings (SSSR count). The Morgan fingerprint density at radius 3 is 2.65 bits per heavy atom. The summed E-state index contributed by atoms with van der Waals surface area (Å²) in [6, 6.07) is 4.82. The number of carbonyl (C=O) groups is 2. The fourth-order valence-corrected chi connectivity index (χ4v) is 1.45. The molecule has 0 aliphatic rings. The van der Waals surface area contributed by atoms with Gasteiger partial charge in [0.15, 0.2) is 5.78 Å². The van der Waals surface area contributed by atoms with Crippen LogP contribution in [0.15, 0.2) is 18.2 Å². The lowest BCUT2D eigenvalue weighted by Gasteiger charge is -2.08. The SMILES string of the molecule is CNC(=O)CCOc1ccc(C(C)=O)cc1Cl. The molecule has 5 heteroatoms. The summed E-state index contributed by atoms with van der Waals surface area (Å²) < 4.78 is 5.34. The maximum atomic E-state index is 11.1. The molecule has 0 saturated heterocycles. The average Bonchev–Trinajstić information content (AvgIpc) is 2.30. The molecule has 17 heavy (non-hydrogen) atoms. The van der Waals surface area contributed by atoms with Crippen molar-refractivity contribution in [2.45, 2.75) is 13.3 Å². The highest BCUT2D eigenvalue weighted by atomic mass is 35.5. The fraction of sp³-hybridized carbons (Fsp3) is 0.333. The molecule has 0 heterocycles. The van der Waals surface area contributed by atoms with Crippen LogP contribution < -0.4 is 10.1 Å². The molecule has 92 valence electrons. The van der Waals surface area contributed by atoms with Crippen LogP contribution in [-0.4, -0.2) is 25.3 Å². The number of Topliss-reactive ketones (excluding diaryl/α,β-unsaturated/α-hetero) is 1. The number of ether oxygens (including phenoxy) is 1. The van der Waals surface area contributed by atoms with Gasteiger partial charge in [-0.25, -0.2) is 0 Å². The zero-order valence-corrected chi connectivity index (χ0v) is 10.5. The van der Waals surface area contributed by atoms with Crippen LogP contribution >= 0.6 is 11.6 Å².